The summed E-state index contributed by atoms with van der Waals surface area (Å²) in [6.07, 6.45) is 8.24. The molecule has 0 radical (unpaired) electrons. The van der Waals surface area contributed by atoms with Gasteiger partial charge in [0.25, 0.3) is 0 Å². The molecule has 2 rings (SSSR count). The zero-order valence-corrected chi connectivity index (χ0v) is 12.3. The lowest BCUT2D eigenvalue weighted by Crippen LogP contribution is -2.10. The van der Waals surface area contributed by atoms with Gasteiger partial charge in [-0.25, -0.2) is 0 Å². The van der Waals surface area contributed by atoms with E-state index in [0.717, 1.165) is 29.8 Å². The number of hydrogen-bond acceptors (Lipinski definition) is 2. The van der Waals surface area contributed by atoms with E-state index in [1.54, 1.807) is 6.20 Å². The number of nitrogens with one attached hydrogen (secondary N) is 1. The average Bonchev–Trinajstić information content (AvgIpc) is 2.52. The fraction of sp³-hybridized carbons (Fsp3) is 0.222. The first kappa shape index (κ1) is 15.0. The first-order chi connectivity index (χ1) is 10.3. The highest BCUT2D eigenvalue weighted by atomic mass is 16.1. The van der Waals surface area contributed by atoms with Crippen LogP contribution in [-0.4, -0.2) is 10.9 Å². The molecule has 1 heterocycles. The number of benzene rings is 1. The summed E-state index contributed by atoms with van der Waals surface area (Å²) in [6, 6.07) is 13.6. The second-order valence-electron chi connectivity index (χ2n) is 4.87. The summed E-state index contributed by atoms with van der Waals surface area (Å²) in [6.45, 7) is 2.08. The van der Waals surface area contributed by atoms with Crippen LogP contribution in [0.1, 0.15) is 37.4 Å². The third-order valence-corrected chi connectivity index (χ3v) is 3.06. The summed E-state index contributed by atoms with van der Waals surface area (Å²) in [5.74, 6) is 0.0719. The van der Waals surface area contributed by atoms with E-state index in [0.29, 0.717) is 6.42 Å². The Labute approximate surface area is 125 Å². The molecule has 1 aromatic carbocycles. The standard InChI is InChI=1S/C18H20N2O/c1-2-3-10-18(21)20-17-9-6-7-15(14-17)11-12-16-8-4-5-13-19-16/h4-9,11-14H,2-3,10H2,1H3,(H,20,21). The van der Waals surface area contributed by atoms with E-state index in [9.17, 15) is 4.79 Å². The summed E-state index contributed by atoms with van der Waals surface area (Å²) in [4.78, 5) is 16.0. The van der Waals surface area contributed by atoms with Crippen molar-refractivity contribution in [3.8, 4) is 0 Å². The average molecular weight is 280 g/mol. The number of anilines is 1. The predicted molar refractivity (Wildman–Crippen MR) is 87.8 cm³/mol. The Morgan fingerprint density at radius 3 is 2.86 bits per heavy atom. The van der Waals surface area contributed by atoms with Gasteiger partial charge >= 0.3 is 0 Å². The molecule has 21 heavy (non-hydrogen) atoms. The lowest BCUT2D eigenvalue weighted by atomic mass is 10.1. The van der Waals surface area contributed by atoms with Crippen LogP contribution in [0.2, 0.25) is 0 Å². The van der Waals surface area contributed by atoms with Gasteiger partial charge in [-0.05, 0) is 42.3 Å². The number of pyridine rings is 1. The zero-order chi connectivity index (χ0) is 14.9. The highest BCUT2D eigenvalue weighted by Crippen LogP contribution is 2.14. The SMILES string of the molecule is CCCCC(=O)Nc1cccc(C=Cc2ccccn2)c1. The van der Waals surface area contributed by atoms with E-state index in [1.165, 1.54) is 0 Å². The van der Waals surface area contributed by atoms with Crippen molar-refractivity contribution in [1.82, 2.24) is 4.98 Å². The highest BCUT2D eigenvalue weighted by molar-refractivity contribution is 5.91. The van der Waals surface area contributed by atoms with Crippen molar-refractivity contribution in [2.24, 2.45) is 0 Å². The van der Waals surface area contributed by atoms with E-state index >= 15 is 0 Å². The van der Waals surface area contributed by atoms with Crippen LogP contribution in [0.5, 0.6) is 0 Å². The monoisotopic (exact) mass is 280 g/mol. The van der Waals surface area contributed by atoms with Crippen LogP contribution in [0.4, 0.5) is 5.69 Å². The number of unbranched alkanes of at least 4 members (excludes halogenated alkanes) is 1. The fourth-order valence-corrected chi connectivity index (χ4v) is 1.94. The molecule has 0 saturated heterocycles. The maximum Gasteiger partial charge on any atom is 0.224 e. The summed E-state index contributed by atoms with van der Waals surface area (Å²) >= 11 is 0. The minimum absolute atomic E-state index is 0.0719. The molecule has 0 spiro atoms. The zero-order valence-electron chi connectivity index (χ0n) is 12.3. The molecule has 0 aliphatic rings. The largest absolute Gasteiger partial charge is 0.326 e. The number of amides is 1. The predicted octanol–water partition coefficient (Wildman–Crippen LogP) is 4.38. The quantitative estimate of drug-likeness (QED) is 0.853. The minimum atomic E-state index is 0.0719. The first-order valence-corrected chi connectivity index (χ1v) is 7.27. The highest BCUT2D eigenvalue weighted by Gasteiger charge is 2.01. The lowest BCUT2D eigenvalue weighted by Gasteiger charge is -2.05. The molecule has 2 aromatic rings. The van der Waals surface area contributed by atoms with Gasteiger partial charge < -0.3 is 5.32 Å². The molecule has 3 nitrogen and oxygen atoms in total. The fourth-order valence-electron chi connectivity index (χ4n) is 1.94. The third-order valence-electron chi connectivity index (χ3n) is 3.06. The van der Waals surface area contributed by atoms with E-state index in [1.807, 2.05) is 54.6 Å². The molecule has 108 valence electrons. The molecule has 1 N–H and O–H groups in total. The van der Waals surface area contributed by atoms with Crippen molar-refractivity contribution < 1.29 is 4.79 Å². The van der Waals surface area contributed by atoms with Crippen LogP contribution in [-0.2, 0) is 4.79 Å². The summed E-state index contributed by atoms with van der Waals surface area (Å²) in [5, 5.41) is 2.93. The molecular weight excluding hydrogens is 260 g/mol. The lowest BCUT2D eigenvalue weighted by molar-refractivity contribution is -0.116. The van der Waals surface area contributed by atoms with Gasteiger partial charge in [0, 0.05) is 18.3 Å². The van der Waals surface area contributed by atoms with Crippen LogP contribution >= 0.6 is 0 Å². The second kappa shape index (κ2) is 8.00. The molecule has 3 heteroatoms. The van der Waals surface area contributed by atoms with Gasteiger partial charge in [0.2, 0.25) is 5.91 Å². The Morgan fingerprint density at radius 1 is 1.19 bits per heavy atom. The summed E-state index contributed by atoms with van der Waals surface area (Å²) in [7, 11) is 0. The molecule has 0 saturated carbocycles. The number of nitrogens with zero attached hydrogens (tertiary/aromatic N) is 1. The number of carbonyl (C=O) groups is 1. The van der Waals surface area contributed by atoms with Crippen LogP contribution in [0.15, 0.2) is 48.7 Å². The maximum absolute atomic E-state index is 11.7. The van der Waals surface area contributed by atoms with Crippen LogP contribution in [0.25, 0.3) is 12.2 Å². The topological polar surface area (TPSA) is 42.0 Å². The Kier molecular flexibility index (Phi) is 5.71. The Balaban J connectivity index is 2.01. The number of carbonyl (C=O) groups excluding carboxylic acids is 1. The van der Waals surface area contributed by atoms with Crippen LogP contribution < -0.4 is 5.32 Å². The Hall–Kier alpha value is -2.42. The van der Waals surface area contributed by atoms with Gasteiger partial charge in [-0.15, -0.1) is 0 Å². The van der Waals surface area contributed by atoms with Gasteiger partial charge in [-0.1, -0.05) is 37.6 Å². The van der Waals surface area contributed by atoms with E-state index in [-0.39, 0.29) is 5.91 Å². The number of aromatic nitrogens is 1. The van der Waals surface area contributed by atoms with Crippen molar-refractivity contribution in [2.75, 3.05) is 5.32 Å². The second-order valence-corrected chi connectivity index (χ2v) is 4.87. The molecular formula is C18H20N2O. The van der Waals surface area contributed by atoms with Crippen molar-refractivity contribution in [3.05, 3.63) is 59.9 Å². The van der Waals surface area contributed by atoms with Crippen molar-refractivity contribution in [2.45, 2.75) is 26.2 Å². The van der Waals surface area contributed by atoms with Crippen molar-refractivity contribution >= 4 is 23.7 Å². The van der Waals surface area contributed by atoms with Gasteiger partial charge in [-0.2, -0.15) is 0 Å². The van der Waals surface area contributed by atoms with Crippen LogP contribution in [0.3, 0.4) is 0 Å². The van der Waals surface area contributed by atoms with Crippen molar-refractivity contribution in [3.63, 3.8) is 0 Å². The van der Waals surface area contributed by atoms with Crippen LogP contribution in [0, 0.1) is 0 Å². The third kappa shape index (κ3) is 5.22. The van der Waals surface area contributed by atoms with Crippen molar-refractivity contribution in [1.29, 1.82) is 0 Å². The summed E-state index contributed by atoms with van der Waals surface area (Å²) in [5.41, 5.74) is 2.78. The van der Waals surface area contributed by atoms with Gasteiger partial charge in [-0.3, -0.25) is 9.78 Å². The molecule has 1 amide bonds. The van der Waals surface area contributed by atoms with Gasteiger partial charge in [0.15, 0.2) is 0 Å². The van der Waals surface area contributed by atoms with Gasteiger partial charge in [0.1, 0.15) is 0 Å². The summed E-state index contributed by atoms with van der Waals surface area (Å²) < 4.78 is 0. The van der Waals surface area contributed by atoms with E-state index in [4.69, 9.17) is 0 Å². The Bertz CT molecular complexity index is 606. The number of hydrogen-bond donors (Lipinski definition) is 1. The van der Waals surface area contributed by atoms with E-state index in [2.05, 4.69) is 17.2 Å². The first-order valence-electron chi connectivity index (χ1n) is 7.27. The number of rotatable bonds is 6. The maximum atomic E-state index is 11.7. The Morgan fingerprint density at radius 2 is 2.10 bits per heavy atom. The molecule has 0 bridgehead atoms. The normalized spacial score (nSPS) is 10.7. The molecule has 0 aliphatic carbocycles. The molecule has 0 aliphatic heterocycles. The smallest absolute Gasteiger partial charge is 0.224 e. The molecule has 0 fully saturated rings. The van der Waals surface area contributed by atoms with E-state index < -0.39 is 0 Å². The molecule has 0 unspecified atom stereocenters. The molecule has 1 aromatic heterocycles. The minimum Gasteiger partial charge on any atom is -0.326 e. The van der Waals surface area contributed by atoms with Gasteiger partial charge in [0.05, 0.1) is 5.69 Å². The molecule has 0 atom stereocenters.